The Labute approximate surface area is 184 Å². The van der Waals surface area contributed by atoms with Crippen molar-refractivity contribution in [2.45, 2.75) is 31.4 Å². The largest absolute Gasteiger partial charge is 0.373 e. The van der Waals surface area contributed by atoms with Gasteiger partial charge in [-0.3, -0.25) is 19.7 Å². The summed E-state index contributed by atoms with van der Waals surface area (Å²) in [6, 6.07) is 7.93. The minimum absolute atomic E-state index is 0. The smallest absolute Gasteiger partial charge is 0.267 e. The highest BCUT2D eigenvalue weighted by Gasteiger charge is 2.53. The molecule has 2 N–H and O–H groups in total. The summed E-state index contributed by atoms with van der Waals surface area (Å²) < 4.78 is 6.25. The van der Waals surface area contributed by atoms with E-state index in [0.717, 1.165) is 38.0 Å². The number of rotatable bonds is 5. The molecule has 1 aliphatic carbocycles. The summed E-state index contributed by atoms with van der Waals surface area (Å²) in [5.74, 6) is 0.242. The number of fused-ring (bicyclic) bond motifs is 2. The second kappa shape index (κ2) is 9.85. The van der Waals surface area contributed by atoms with Gasteiger partial charge in [0, 0.05) is 57.2 Å². The van der Waals surface area contributed by atoms with Crippen LogP contribution >= 0.6 is 24.8 Å². The second-order valence-corrected chi connectivity index (χ2v) is 7.67. The molecule has 3 atom stereocenters. The Balaban J connectivity index is 0.00000150. The molecule has 0 spiro atoms. The third kappa shape index (κ3) is 4.40. The van der Waals surface area contributed by atoms with E-state index in [0.29, 0.717) is 17.5 Å². The maximum atomic E-state index is 11.6. The number of aromatic nitrogens is 2. The van der Waals surface area contributed by atoms with Gasteiger partial charge in [-0.25, -0.2) is 0 Å². The monoisotopic (exact) mass is 438 g/mol. The highest BCUT2D eigenvalue weighted by Crippen LogP contribution is 2.51. The van der Waals surface area contributed by atoms with E-state index in [9.17, 15) is 4.79 Å². The van der Waals surface area contributed by atoms with Gasteiger partial charge >= 0.3 is 0 Å². The predicted molar refractivity (Wildman–Crippen MR) is 116 cm³/mol. The van der Waals surface area contributed by atoms with Crippen molar-refractivity contribution in [3.8, 4) is 0 Å². The standard InChI is InChI=1S/C21H26N4O2.2ClH/c1-27-21(16-7-9-24-19(10-16)20(22)26)17-5-2-6-18(21)14-25(13-17)12-15-4-3-8-23-11-15;;/h3-4,7-11,17-18H,2,5-6,12-14H2,1H3,(H2,22,26);2*1H/t17-,18+,21+;;. The van der Waals surface area contributed by atoms with Gasteiger partial charge < -0.3 is 10.5 Å². The number of hydrogen-bond acceptors (Lipinski definition) is 5. The average molecular weight is 439 g/mol. The molecule has 0 unspecified atom stereocenters. The quantitative estimate of drug-likeness (QED) is 0.774. The van der Waals surface area contributed by atoms with Gasteiger partial charge in [-0.1, -0.05) is 12.5 Å². The lowest BCUT2D eigenvalue weighted by Gasteiger charge is -2.55. The fourth-order valence-electron chi connectivity index (χ4n) is 5.13. The van der Waals surface area contributed by atoms with E-state index in [4.69, 9.17) is 10.5 Å². The maximum absolute atomic E-state index is 11.6. The highest BCUT2D eigenvalue weighted by atomic mass is 35.5. The molecule has 0 radical (unpaired) electrons. The molecule has 1 saturated heterocycles. The van der Waals surface area contributed by atoms with Crippen LogP contribution in [0.2, 0.25) is 0 Å². The number of pyridine rings is 2. The first-order valence-electron chi connectivity index (χ1n) is 9.56. The maximum Gasteiger partial charge on any atom is 0.267 e. The molecular formula is C21H28Cl2N4O2. The molecule has 8 heteroatoms. The lowest BCUT2D eigenvalue weighted by Crippen LogP contribution is -2.58. The molecule has 2 aromatic rings. The fourth-order valence-corrected chi connectivity index (χ4v) is 5.13. The van der Waals surface area contributed by atoms with Crippen LogP contribution in [0.4, 0.5) is 0 Å². The van der Waals surface area contributed by atoms with Crippen molar-refractivity contribution >= 4 is 30.7 Å². The number of nitrogens with zero attached hydrogens (tertiary/aromatic N) is 3. The number of carbonyl (C=O) groups is 1. The summed E-state index contributed by atoms with van der Waals surface area (Å²) in [6.07, 6.45) is 8.87. The minimum Gasteiger partial charge on any atom is -0.373 e. The summed E-state index contributed by atoms with van der Waals surface area (Å²) in [6.45, 7) is 2.84. The zero-order valence-corrected chi connectivity index (χ0v) is 18.1. The van der Waals surface area contributed by atoms with Crippen molar-refractivity contribution in [3.05, 3.63) is 59.7 Å². The van der Waals surface area contributed by atoms with Gasteiger partial charge in [0.2, 0.25) is 0 Å². The van der Waals surface area contributed by atoms with Crippen LogP contribution in [0, 0.1) is 11.8 Å². The lowest BCUT2D eigenvalue weighted by atomic mass is 9.62. The number of methoxy groups -OCH3 is 1. The van der Waals surface area contributed by atoms with E-state index in [-0.39, 0.29) is 30.4 Å². The molecule has 0 aromatic carbocycles. The van der Waals surface area contributed by atoms with Crippen LogP contribution in [0.15, 0.2) is 42.9 Å². The molecule has 1 amide bonds. The second-order valence-electron chi connectivity index (χ2n) is 7.67. The van der Waals surface area contributed by atoms with Gasteiger partial charge in [0.05, 0.1) is 0 Å². The Bertz CT molecular complexity index is 807. The van der Waals surface area contributed by atoms with E-state index in [1.165, 1.54) is 12.0 Å². The fraction of sp³-hybridized carbons (Fsp3) is 0.476. The summed E-state index contributed by atoms with van der Waals surface area (Å²) >= 11 is 0. The first-order valence-corrected chi connectivity index (χ1v) is 9.56. The summed E-state index contributed by atoms with van der Waals surface area (Å²) in [4.78, 5) is 22.5. The van der Waals surface area contributed by atoms with Crippen molar-refractivity contribution in [3.63, 3.8) is 0 Å². The Morgan fingerprint density at radius 2 is 1.97 bits per heavy atom. The molecular weight excluding hydrogens is 411 g/mol. The zero-order chi connectivity index (χ0) is 18.9. The van der Waals surface area contributed by atoms with Crippen LogP contribution in [0.25, 0.3) is 0 Å². The topological polar surface area (TPSA) is 81.3 Å². The number of piperidine rings is 1. The van der Waals surface area contributed by atoms with Gasteiger partial charge in [-0.2, -0.15) is 0 Å². The van der Waals surface area contributed by atoms with Crippen LogP contribution in [0.1, 0.15) is 40.9 Å². The number of amides is 1. The molecule has 3 heterocycles. The van der Waals surface area contributed by atoms with E-state index in [2.05, 4.69) is 20.9 Å². The van der Waals surface area contributed by atoms with Crippen LogP contribution in [-0.4, -0.2) is 41.0 Å². The molecule has 2 aromatic heterocycles. The molecule has 1 aliphatic heterocycles. The number of primary amides is 1. The Kier molecular flexibility index (Phi) is 8.00. The lowest BCUT2D eigenvalue weighted by molar-refractivity contribution is -0.170. The third-order valence-corrected chi connectivity index (χ3v) is 6.21. The Morgan fingerprint density at radius 3 is 2.55 bits per heavy atom. The number of halogens is 2. The van der Waals surface area contributed by atoms with Gasteiger partial charge in [-0.05, 0) is 42.2 Å². The molecule has 4 rings (SSSR count). The van der Waals surface area contributed by atoms with E-state index < -0.39 is 5.91 Å². The van der Waals surface area contributed by atoms with E-state index >= 15 is 0 Å². The highest BCUT2D eigenvalue weighted by molar-refractivity contribution is 5.90. The number of nitrogens with two attached hydrogens (primary N) is 1. The predicted octanol–water partition coefficient (Wildman–Crippen LogP) is 3.19. The van der Waals surface area contributed by atoms with Crippen molar-refractivity contribution < 1.29 is 9.53 Å². The summed E-state index contributed by atoms with van der Waals surface area (Å²) in [5.41, 5.74) is 7.66. The minimum atomic E-state index is -0.498. The Morgan fingerprint density at radius 1 is 1.24 bits per heavy atom. The molecule has 29 heavy (non-hydrogen) atoms. The molecule has 1 saturated carbocycles. The first kappa shape index (κ1) is 23.5. The van der Waals surface area contributed by atoms with Crippen LogP contribution in [0.5, 0.6) is 0 Å². The van der Waals surface area contributed by atoms with Gasteiger partial charge in [0.25, 0.3) is 5.91 Å². The SMILES string of the molecule is CO[C@@]1(c2ccnc(C(N)=O)c2)[C@@H]2CCC[C@H]1CN(Cc1cccnc1)C2.Cl.Cl. The summed E-state index contributed by atoms with van der Waals surface area (Å²) in [7, 11) is 1.80. The van der Waals surface area contributed by atoms with Crippen LogP contribution in [-0.2, 0) is 16.9 Å². The average Bonchev–Trinajstić information content (AvgIpc) is 2.68. The van der Waals surface area contributed by atoms with Gasteiger partial charge in [0.1, 0.15) is 11.3 Å². The zero-order valence-electron chi connectivity index (χ0n) is 16.5. The van der Waals surface area contributed by atoms with Gasteiger partial charge in [0.15, 0.2) is 0 Å². The van der Waals surface area contributed by atoms with E-state index in [1.54, 1.807) is 13.3 Å². The normalized spacial score (nSPS) is 26.1. The number of hydrogen-bond donors (Lipinski definition) is 1. The van der Waals surface area contributed by atoms with Crippen molar-refractivity contribution in [2.24, 2.45) is 17.6 Å². The van der Waals surface area contributed by atoms with Crippen LogP contribution < -0.4 is 5.73 Å². The van der Waals surface area contributed by atoms with Crippen molar-refractivity contribution in [1.29, 1.82) is 0 Å². The molecule has 158 valence electrons. The van der Waals surface area contributed by atoms with Gasteiger partial charge in [-0.15, -0.1) is 24.8 Å². The number of ether oxygens (including phenoxy) is 1. The van der Waals surface area contributed by atoms with E-state index in [1.807, 2.05) is 30.6 Å². The number of likely N-dealkylation sites (tertiary alicyclic amines) is 1. The number of carbonyl (C=O) groups excluding carboxylic acids is 1. The van der Waals surface area contributed by atoms with Crippen molar-refractivity contribution in [2.75, 3.05) is 20.2 Å². The molecule has 2 aliphatic rings. The summed E-state index contributed by atoms with van der Waals surface area (Å²) in [5, 5.41) is 0. The molecule has 2 bridgehead atoms. The molecule has 6 nitrogen and oxygen atoms in total. The van der Waals surface area contributed by atoms with Crippen LogP contribution in [0.3, 0.4) is 0 Å². The Hall–Kier alpha value is -1.73. The first-order chi connectivity index (χ1) is 13.1. The van der Waals surface area contributed by atoms with Crippen molar-refractivity contribution in [1.82, 2.24) is 14.9 Å². The third-order valence-electron chi connectivity index (χ3n) is 6.21. The molecule has 2 fully saturated rings.